The van der Waals surface area contributed by atoms with Crippen molar-refractivity contribution >= 4 is 22.6 Å². The molecule has 2 aromatic heterocycles. The number of nitrogens with zero attached hydrogens (tertiary/aromatic N) is 3. The molecule has 1 aliphatic heterocycles. The zero-order chi connectivity index (χ0) is 18.7. The molecule has 2 amide bonds. The first-order valence-electron chi connectivity index (χ1n) is 8.77. The van der Waals surface area contributed by atoms with Crippen LogP contribution in [0, 0.1) is 0 Å². The molecule has 4 rings (SSSR count). The number of carbonyl (C=O) groups is 1. The van der Waals surface area contributed by atoms with E-state index in [0.717, 1.165) is 33.4 Å². The first kappa shape index (κ1) is 17.7. The Morgan fingerprint density at radius 1 is 1.27 bits per heavy atom. The van der Waals surface area contributed by atoms with Gasteiger partial charge in [0, 0.05) is 42.0 Å². The molecule has 0 bridgehead atoms. The van der Waals surface area contributed by atoms with Crippen molar-refractivity contribution in [3.63, 3.8) is 0 Å². The molecule has 0 aliphatic carbocycles. The second-order valence-electron chi connectivity index (χ2n) is 5.66. The van der Waals surface area contributed by atoms with Crippen molar-refractivity contribution in [3.05, 3.63) is 36.0 Å². The number of hydrogen-bond donors (Lipinski definition) is 2. The van der Waals surface area contributed by atoms with Gasteiger partial charge in [0.2, 0.25) is 5.88 Å². The lowest BCUT2D eigenvalue weighted by atomic mass is 10.0. The van der Waals surface area contributed by atoms with Gasteiger partial charge in [-0.25, -0.2) is 9.78 Å². The van der Waals surface area contributed by atoms with Crippen molar-refractivity contribution in [2.24, 2.45) is 0 Å². The summed E-state index contributed by atoms with van der Waals surface area (Å²) in [6, 6.07) is 7.71. The van der Waals surface area contributed by atoms with Gasteiger partial charge in [-0.2, -0.15) is 5.10 Å². The number of ether oxygens (including phenoxy) is 1. The first-order chi connectivity index (χ1) is 12.7. The Balaban J connectivity index is 0.000000948. The average molecular weight is 353 g/mol. The molecule has 1 aromatic carbocycles. The van der Waals surface area contributed by atoms with Crippen LogP contribution in [0.25, 0.3) is 22.2 Å². The summed E-state index contributed by atoms with van der Waals surface area (Å²) in [4.78, 5) is 17.9. The number of benzene rings is 1. The summed E-state index contributed by atoms with van der Waals surface area (Å²) >= 11 is 0. The van der Waals surface area contributed by atoms with Gasteiger partial charge < -0.3 is 15.0 Å². The second kappa shape index (κ2) is 7.43. The fourth-order valence-electron chi connectivity index (χ4n) is 2.97. The van der Waals surface area contributed by atoms with Gasteiger partial charge in [0.15, 0.2) is 0 Å². The van der Waals surface area contributed by atoms with Crippen LogP contribution < -0.4 is 10.1 Å². The van der Waals surface area contributed by atoms with Crippen molar-refractivity contribution in [1.29, 1.82) is 0 Å². The minimum Gasteiger partial charge on any atom is -0.481 e. The van der Waals surface area contributed by atoms with Gasteiger partial charge in [0.05, 0.1) is 12.6 Å². The van der Waals surface area contributed by atoms with Crippen LogP contribution in [-0.4, -0.2) is 39.8 Å². The third-order valence-corrected chi connectivity index (χ3v) is 4.28. The third kappa shape index (κ3) is 3.08. The maximum atomic E-state index is 12.0. The Morgan fingerprint density at radius 3 is 2.81 bits per heavy atom. The smallest absolute Gasteiger partial charge is 0.322 e. The molecule has 1 aliphatic rings. The Labute approximate surface area is 152 Å². The normalized spacial score (nSPS) is 12.9. The van der Waals surface area contributed by atoms with E-state index < -0.39 is 0 Å². The lowest BCUT2D eigenvalue weighted by Gasteiger charge is -2.28. The summed E-state index contributed by atoms with van der Waals surface area (Å²) in [5, 5.41) is 11.4. The van der Waals surface area contributed by atoms with Gasteiger partial charge in [0.25, 0.3) is 0 Å². The fourth-order valence-corrected chi connectivity index (χ4v) is 2.97. The van der Waals surface area contributed by atoms with Gasteiger partial charge in [-0.15, -0.1) is 0 Å². The highest BCUT2D eigenvalue weighted by atomic mass is 16.5. The molecule has 0 fully saturated rings. The molecule has 3 aromatic rings. The number of pyridine rings is 1. The molecule has 136 valence electrons. The minimum absolute atomic E-state index is 0.0667. The van der Waals surface area contributed by atoms with Crippen LogP contribution in [0.2, 0.25) is 0 Å². The van der Waals surface area contributed by atoms with E-state index in [1.807, 2.05) is 39.0 Å². The van der Waals surface area contributed by atoms with E-state index >= 15 is 0 Å². The van der Waals surface area contributed by atoms with E-state index in [-0.39, 0.29) is 6.03 Å². The van der Waals surface area contributed by atoms with E-state index in [2.05, 4.69) is 26.6 Å². The Kier molecular flexibility index (Phi) is 5.06. The van der Waals surface area contributed by atoms with Crippen molar-refractivity contribution in [1.82, 2.24) is 20.1 Å². The fraction of sp³-hybridized carbons (Fsp3) is 0.316. The molecule has 7 heteroatoms. The number of nitrogens with one attached hydrogen (secondary N) is 2. The molecule has 0 atom stereocenters. The summed E-state index contributed by atoms with van der Waals surface area (Å²) in [5.41, 5.74) is 4.56. The maximum Gasteiger partial charge on any atom is 0.322 e. The summed E-state index contributed by atoms with van der Waals surface area (Å²) in [5.74, 6) is 0.547. The predicted molar refractivity (Wildman–Crippen MR) is 102 cm³/mol. The first-order valence-corrected chi connectivity index (χ1v) is 8.77. The summed E-state index contributed by atoms with van der Waals surface area (Å²) < 4.78 is 5.19. The molecule has 26 heavy (non-hydrogen) atoms. The van der Waals surface area contributed by atoms with Gasteiger partial charge in [-0.3, -0.25) is 5.10 Å². The van der Waals surface area contributed by atoms with Gasteiger partial charge in [-0.1, -0.05) is 13.8 Å². The van der Waals surface area contributed by atoms with E-state index in [9.17, 15) is 4.79 Å². The van der Waals surface area contributed by atoms with Crippen LogP contribution in [0.5, 0.6) is 5.88 Å². The maximum absolute atomic E-state index is 12.0. The lowest BCUT2D eigenvalue weighted by Crippen LogP contribution is -2.38. The van der Waals surface area contributed by atoms with Gasteiger partial charge in [-0.05, 0) is 30.7 Å². The SMILES string of the molecule is CC.CCN1Cc2cc3c(-c4ccnc(OC)c4)n[nH]c3cc2NC1=O. The molecule has 7 nitrogen and oxygen atoms in total. The highest BCUT2D eigenvalue weighted by molar-refractivity contribution is 6.00. The van der Waals surface area contributed by atoms with E-state index in [0.29, 0.717) is 19.0 Å². The van der Waals surface area contributed by atoms with Crippen molar-refractivity contribution < 1.29 is 9.53 Å². The number of amides is 2. The molecule has 3 heterocycles. The largest absolute Gasteiger partial charge is 0.481 e. The van der Waals surface area contributed by atoms with Crippen LogP contribution in [-0.2, 0) is 6.54 Å². The lowest BCUT2D eigenvalue weighted by molar-refractivity contribution is 0.210. The number of urea groups is 1. The average Bonchev–Trinajstić information content (AvgIpc) is 3.10. The number of methoxy groups -OCH3 is 1. The summed E-state index contributed by atoms with van der Waals surface area (Å²) in [7, 11) is 1.59. The molecule has 0 saturated carbocycles. The Morgan fingerprint density at radius 2 is 2.08 bits per heavy atom. The number of anilines is 1. The highest BCUT2D eigenvalue weighted by Crippen LogP contribution is 2.33. The molecular formula is C19H23N5O2. The number of fused-ring (bicyclic) bond motifs is 2. The molecular weight excluding hydrogens is 330 g/mol. The van der Waals surface area contributed by atoms with Crippen LogP contribution in [0.15, 0.2) is 30.5 Å². The zero-order valence-corrected chi connectivity index (χ0v) is 15.5. The van der Waals surface area contributed by atoms with E-state index in [1.54, 1.807) is 18.2 Å². The van der Waals surface area contributed by atoms with Crippen molar-refractivity contribution in [2.45, 2.75) is 27.3 Å². The molecule has 0 spiro atoms. The molecule has 0 saturated heterocycles. The predicted octanol–water partition coefficient (Wildman–Crippen LogP) is 4.03. The minimum atomic E-state index is -0.0667. The van der Waals surface area contributed by atoms with Crippen LogP contribution >= 0.6 is 0 Å². The summed E-state index contributed by atoms with van der Waals surface area (Å²) in [6.07, 6.45) is 1.70. The second-order valence-corrected chi connectivity index (χ2v) is 5.66. The quantitative estimate of drug-likeness (QED) is 0.745. The van der Waals surface area contributed by atoms with Crippen molar-refractivity contribution in [3.8, 4) is 17.1 Å². The van der Waals surface area contributed by atoms with Crippen molar-refractivity contribution in [2.75, 3.05) is 19.0 Å². The number of aromatic nitrogens is 3. The number of aromatic amines is 1. The number of H-pyrrole nitrogens is 1. The molecule has 0 radical (unpaired) electrons. The monoisotopic (exact) mass is 353 g/mol. The molecule has 2 N–H and O–H groups in total. The topological polar surface area (TPSA) is 83.1 Å². The van der Waals surface area contributed by atoms with E-state index in [4.69, 9.17) is 4.74 Å². The summed E-state index contributed by atoms with van der Waals surface area (Å²) in [6.45, 7) is 7.23. The van der Waals surface area contributed by atoms with E-state index in [1.165, 1.54) is 0 Å². The van der Waals surface area contributed by atoms with Gasteiger partial charge in [0.1, 0.15) is 5.69 Å². The highest BCUT2D eigenvalue weighted by Gasteiger charge is 2.23. The van der Waals surface area contributed by atoms with Crippen LogP contribution in [0.4, 0.5) is 10.5 Å². The Bertz CT molecular complexity index is 935. The van der Waals surface area contributed by atoms with Crippen LogP contribution in [0.3, 0.4) is 0 Å². The van der Waals surface area contributed by atoms with Crippen LogP contribution in [0.1, 0.15) is 26.3 Å². The molecule has 0 unspecified atom stereocenters. The third-order valence-electron chi connectivity index (χ3n) is 4.28. The number of hydrogen-bond acceptors (Lipinski definition) is 4. The number of carbonyl (C=O) groups excluding carboxylic acids is 1. The number of rotatable bonds is 3. The zero-order valence-electron chi connectivity index (χ0n) is 15.5. The standard InChI is InChI=1S/C17H17N5O2.C2H6/c1-3-22-9-11-6-12-14(8-13(11)19-17(22)23)20-21-16(12)10-4-5-18-15(7-10)24-2;1-2/h4-8H,3,9H2,1-2H3,(H,19,23)(H,20,21);1-2H3. The van der Waals surface area contributed by atoms with Gasteiger partial charge >= 0.3 is 6.03 Å². The Hall–Kier alpha value is -3.09.